The molecule has 2 aromatic rings. The van der Waals surface area contributed by atoms with Crippen LogP contribution in [0.5, 0.6) is 0 Å². The van der Waals surface area contributed by atoms with Crippen LogP contribution < -0.4 is 5.32 Å². The Balaban J connectivity index is 2.27. The highest BCUT2D eigenvalue weighted by Gasteiger charge is 2.16. The van der Waals surface area contributed by atoms with Gasteiger partial charge in [-0.05, 0) is 43.3 Å². The molecule has 0 saturated carbocycles. The van der Waals surface area contributed by atoms with Crippen molar-refractivity contribution >= 4 is 39.1 Å². The lowest BCUT2D eigenvalue weighted by Gasteiger charge is -2.19. The summed E-state index contributed by atoms with van der Waals surface area (Å²) in [5.41, 5.74) is 2.19. The Bertz CT molecular complexity index is 534. The molecule has 0 aromatic heterocycles. The van der Waals surface area contributed by atoms with Gasteiger partial charge in [0, 0.05) is 26.1 Å². The summed E-state index contributed by atoms with van der Waals surface area (Å²) in [6.07, 6.45) is 0.841. The van der Waals surface area contributed by atoms with Crippen LogP contribution in [0.1, 0.15) is 17.2 Å². The maximum atomic E-state index is 6.26. The van der Waals surface area contributed by atoms with Gasteiger partial charge in [-0.25, -0.2) is 0 Å². The number of benzene rings is 2. The summed E-state index contributed by atoms with van der Waals surface area (Å²) >= 11 is 16.0. The molecule has 2 aromatic carbocycles. The first kappa shape index (κ1) is 14.9. The van der Waals surface area contributed by atoms with Crippen LogP contribution in [0.15, 0.2) is 46.9 Å². The molecule has 0 spiro atoms. The number of rotatable bonds is 4. The van der Waals surface area contributed by atoms with Gasteiger partial charge in [0.2, 0.25) is 0 Å². The second-order valence-corrected chi connectivity index (χ2v) is 6.04. The third-order valence-electron chi connectivity index (χ3n) is 3.05. The molecule has 0 aliphatic rings. The minimum absolute atomic E-state index is 0.0994. The fourth-order valence-electron chi connectivity index (χ4n) is 2.05. The molecule has 0 fully saturated rings. The monoisotopic (exact) mass is 357 g/mol. The molecule has 0 aliphatic carbocycles. The molecule has 4 heteroatoms. The highest BCUT2D eigenvalue weighted by atomic mass is 79.9. The minimum Gasteiger partial charge on any atom is -0.313 e. The van der Waals surface area contributed by atoms with Crippen LogP contribution in [0.25, 0.3) is 0 Å². The lowest BCUT2D eigenvalue weighted by Crippen LogP contribution is -2.19. The summed E-state index contributed by atoms with van der Waals surface area (Å²) in [5, 5.41) is 4.68. The zero-order valence-corrected chi connectivity index (χ0v) is 13.6. The molecule has 0 heterocycles. The van der Waals surface area contributed by atoms with Gasteiger partial charge in [0.15, 0.2) is 0 Å². The van der Waals surface area contributed by atoms with E-state index >= 15 is 0 Å². The van der Waals surface area contributed by atoms with Gasteiger partial charge in [-0.3, -0.25) is 0 Å². The number of nitrogens with one attached hydrogen (secondary N) is 1. The van der Waals surface area contributed by atoms with Gasteiger partial charge < -0.3 is 5.32 Å². The van der Waals surface area contributed by atoms with Gasteiger partial charge in [0.25, 0.3) is 0 Å². The molecule has 1 nitrogen and oxygen atoms in total. The Morgan fingerprint density at radius 2 is 1.63 bits per heavy atom. The zero-order chi connectivity index (χ0) is 13.8. The van der Waals surface area contributed by atoms with E-state index in [2.05, 4.69) is 33.4 Å². The third kappa shape index (κ3) is 3.73. The molecule has 0 radical (unpaired) electrons. The summed E-state index contributed by atoms with van der Waals surface area (Å²) < 4.78 is 1.08. The van der Waals surface area contributed by atoms with Crippen molar-refractivity contribution in [3.8, 4) is 0 Å². The average Bonchev–Trinajstić information content (AvgIpc) is 2.39. The molecule has 1 atom stereocenters. The van der Waals surface area contributed by atoms with Crippen molar-refractivity contribution in [3.05, 3.63) is 68.1 Å². The molecule has 100 valence electrons. The molecule has 19 heavy (non-hydrogen) atoms. The van der Waals surface area contributed by atoms with E-state index in [0.29, 0.717) is 10.0 Å². The fourth-order valence-corrected chi connectivity index (χ4v) is 2.97. The first-order valence-electron chi connectivity index (χ1n) is 5.97. The second kappa shape index (κ2) is 6.76. The van der Waals surface area contributed by atoms with Gasteiger partial charge in [0.1, 0.15) is 0 Å². The van der Waals surface area contributed by atoms with E-state index in [4.69, 9.17) is 23.2 Å². The molecule has 1 N–H and O–H groups in total. The fraction of sp³-hybridized carbons (Fsp3) is 0.200. The molecule has 0 aliphatic heterocycles. The number of likely N-dealkylation sites (N-methyl/N-ethyl adjacent to an activating group) is 1. The van der Waals surface area contributed by atoms with Gasteiger partial charge >= 0.3 is 0 Å². The number of halogens is 3. The number of hydrogen-bond acceptors (Lipinski definition) is 1. The smallest absolute Gasteiger partial charge is 0.0468 e. The van der Waals surface area contributed by atoms with E-state index in [1.165, 1.54) is 5.56 Å². The van der Waals surface area contributed by atoms with Crippen LogP contribution in [0.2, 0.25) is 10.0 Å². The van der Waals surface area contributed by atoms with Crippen LogP contribution in [-0.2, 0) is 6.42 Å². The van der Waals surface area contributed by atoms with Crippen molar-refractivity contribution in [2.75, 3.05) is 7.05 Å². The van der Waals surface area contributed by atoms with E-state index < -0.39 is 0 Å². The van der Waals surface area contributed by atoms with E-state index in [1.807, 2.05) is 37.4 Å². The maximum absolute atomic E-state index is 6.26. The summed E-state index contributed by atoms with van der Waals surface area (Å²) in [5.74, 6) is 0. The quantitative estimate of drug-likeness (QED) is 0.786. The average molecular weight is 359 g/mol. The summed E-state index contributed by atoms with van der Waals surface area (Å²) in [4.78, 5) is 0. The number of hydrogen-bond donors (Lipinski definition) is 1. The zero-order valence-electron chi connectivity index (χ0n) is 10.5. The van der Waals surface area contributed by atoms with Gasteiger partial charge in [-0.2, -0.15) is 0 Å². The molecular weight excluding hydrogens is 345 g/mol. The van der Waals surface area contributed by atoms with E-state index in [-0.39, 0.29) is 6.04 Å². The van der Waals surface area contributed by atoms with Gasteiger partial charge in [0.05, 0.1) is 0 Å². The summed E-state index contributed by atoms with van der Waals surface area (Å²) in [6, 6.07) is 14.0. The van der Waals surface area contributed by atoms with Crippen LogP contribution in [-0.4, -0.2) is 7.05 Å². The largest absolute Gasteiger partial charge is 0.313 e. The molecular formula is C15H14BrCl2N. The van der Waals surface area contributed by atoms with E-state index in [1.54, 1.807) is 0 Å². The van der Waals surface area contributed by atoms with Crippen LogP contribution in [0.4, 0.5) is 0 Å². The molecule has 1 unspecified atom stereocenters. The maximum Gasteiger partial charge on any atom is 0.0468 e. The SMILES string of the molecule is CNC(Cc1ccc(Br)cc1)c1c(Cl)cccc1Cl. The Morgan fingerprint density at radius 1 is 1.05 bits per heavy atom. The predicted molar refractivity (Wildman–Crippen MR) is 86.1 cm³/mol. The Morgan fingerprint density at radius 3 is 2.16 bits per heavy atom. The standard InChI is InChI=1S/C15H14BrCl2N/c1-19-14(9-10-5-7-11(16)8-6-10)15-12(17)3-2-4-13(15)18/h2-8,14,19H,9H2,1H3. The minimum atomic E-state index is 0.0994. The van der Waals surface area contributed by atoms with Crippen molar-refractivity contribution < 1.29 is 0 Å². The molecule has 0 bridgehead atoms. The van der Waals surface area contributed by atoms with Crippen molar-refractivity contribution in [2.45, 2.75) is 12.5 Å². The highest BCUT2D eigenvalue weighted by Crippen LogP contribution is 2.32. The topological polar surface area (TPSA) is 12.0 Å². The van der Waals surface area contributed by atoms with Crippen molar-refractivity contribution in [2.24, 2.45) is 0 Å². The predicted octanol–water partition coefficient (Wildman–Crippen LogP) is 5.26. The van der Waals surface area contributed by atoms with Gasteiger partial charge in [-0.15, -0.1) is 0 Å². The van der Waals surface area contributed by atoms with Gasteiger partial charge in [-0.1, -0.05) is 57.3 Å². The lowest BCUT2D eigenvalue weighted by atomic mass is 9.99. The first-order valence-corrected chi connectivity index (χ1v) is 7.52. The summed E-state index contributed by atoms with van der Waals surface area (Å²) in [6.45, 7) is 0. The second-order valence-electron chi connectivity index (χ2n) is 4.31. The normalized spacial score (nSPS) is 12.4. The van der Waals surface area contributed by atoms with Crippen LogP contribution in [0.3, 0.4) is 0 Å². The van der Waals surface area contributed by atoms with Crippen molar-refractivity contribution in [1.82, 2.24) is 5.32 Å². The Hall–Kier alpha value is -0.540. The lowest BCUT2D eigenvalue weighted by molar-refractivity contribution is 0.592. The Kier molecular flexibility index (Phi) is 5.28. The third-order valence-corrected chi connectivity index (χ3v) is 4.24. The molecule has 2 rings (SSSR count). The molecule has 0 saturated heterocycles. The molecule has 0 amide bonds. The first-order chi connectivity index (χ1) is 9.11. The van der Waals surface area contributed by atoms with E-state index in [9.17, 15) is 0 Å². The van der Waals surface area contributed by atoms with Crippen molar-refractivity contribution in [3.63, 3.8) is 0 Å². The Labute approximate surface area is 132 Å². The highest BCUT2D eigenvalue weighted by molar-refractivity contribution is 9.10. The van der Waals surface area contributed by atoms with Crippen molar-refractivity contribution in [1.29, 1.82) is 0 Å². The summed E-state index contributed by atoms with van der Waals surface area (Å²) in [7, 11) is 1.92. The van der Waals surface area contributed by atoms with Crippen LogP contribution in [0, 0.1) is 0 Å². The van der Waals surface area contributed by atoms with E-state index in [0.717, 1.165) is 16.5 Å². The van der Waals surface area contributed by atoms with Crippen LogP contribution >= 0.6 is 39.1 Å².